The quantitative estimate of drug-likeness (QED) is 0.806. The van der Waals surface area contributed by atoms with Gasteiger partial charge in [0, 0.05) is 23.7 Å². The van der Waals surface area contributed by atoms with E-state index in [1.807, 2.05) is 13.8 Å². The fourth-order valence-corrected chi connectivity index (χ4v) is 3.13. The van der Waals surface area contributed by atoms with Crippen LogP contribution in [-0.4, -0.2) is 11.0 Å². The van der Waals surface area contributed by atoms with Gasteiger partial charge in [-0.1, -0.05) is 13.8 Å². The van der Waals surface area contributed by atoms with Crippen LogP contribution in [0.25, 0.3) is 0 Å². The summed E-state index contributed by atoms with van der Waals surface area (Å²) in [4.78, 5) is 11.2. The third-order valence-electron chi connectivity index (χ3n) is 3.47. The highest BCUT2D eigenvalue weighted by molar-refractivity contribution is 5.90. The fraction of sp³-hybridized carbons (Fsp3) is 0.500. The number of hydrogen-bond donors (Lipinski definition) is 2. The van der Waals surface area contributed by atoms with Gasteiger partial charge < -0.3 is 10.4 Å². The van der Waals surface area contributed by atoms with Crippen molar-refractivity contribution in [2.75, 3.05) is 5.32 Å². The minimum absolute atomic E-state index is 0.232. The lowest BCUT2D eigenvalue weighted by atomic mass is 9.85. The average Bonchev–Trinajstić information content (AvgIpc) is 2.36. The third-order valence-corrected chi connectivity index (χ3v) is 3.47. The van der Waals surface area contributed by atoms with E-state index in [9.17, 15) is 14.3 Å². The molecule has 2 N–H and O–H groups in total. The number of fused-ring (bicyclic) bond motifs is 1. The van der Waals surface area contributed by atoms with E-state index in [0.29, 0.717) is 23.2 Å². The zero-order valence-corrected chi connectivity index (χ0v) is 11.1. The van der Waals surface area contributed by atoms with Crippen LogP contribution >= 0.6 is 0 Å². The molecule has 4 heteroatoms. The molecule has 1 unspecified atom stereocenters. The Morgan fingerprint density at radius 1 is 1.33 bits per heavy atom. The first-order valence-corrected chi connectivity index (χ1v) is 5.98. The van der Waals surface area contributed by atoms with E-state index in [2.05, 4.69) is 5.32 Å². The molecule has 1 atom stereocenters. The number of rotatable bonds is 1. The molecule has 2 rings (SSSR count). The summed E-state index contributed by atoms with van der Waals surface area (Å²) >= 11 is 0. The topological polar surface area (TPSA) is 49.3 Å². The SMILES string of the molecule is CC(=O)Nc1ccc(F)c2c1C(C)(O)CC2(C)C. The van der Waals surface area contributed by atoms with Crippen molar-refractivity contribution in [3.05, 3.63) is 29.1 Å². The lowest BCUT2D eigenvalue weighted by molar-refractivity contribution is -0.114. The molecule has 3 nitrogen and oxygen atoms in total. The van der Waals surface area contributed by atoms with Gasteiger partial charge in [-0.15, -0.1) is 0 Å². The van der Waals surface area contributed by atoms with Gasteiger partial charge in [0.05, 0.1) is 5.60 Å². The molecule has 0 saturated carbocycles. The Hall–Kier alpha value is -1.42. The summed E-state index contributed by atoms with van der Waals surface area (Å²) in [5.41, 5.74) is -0.0771. The Balaban J connectivity index is 2.70. The number of halogens is 1. The molecule has 0 aromatic heterocycles. The van der Waals surface area contributed by atoms with E-state index in [1.165, 1.54) is 19.1 Å². The highest BCUT2D eigenvalue weighted by Gasteiger charge is 2.47. The third kappa shape index (κ3) is 1.90. The summed E-state index contributed by atoms with van der Waals surface area (Å²) in [5, 5.41) is 13.1. The maximum absolute atomic E-state index is 14.0. The molecular formula is C14H18FNO2. The van der Waals surface area contributed by atoms with Crippen LogP contribution in [0.15, 0.2) is 12.1 Å². The molecule has 0 radical (unpaired) electrons. The molecule has 0 spiro atoms. The largest absolute Gasteiger partial charge is 0.385 e. The van der Waals surface area contributed by atoms with Gasteiger partial charge in [-0.25, -0.2) is 4.39 Å². The molecule has 1 aliphatic carbocycles. The van der Waals surface area contributed by atoms with E-state index < -0.39 is 11.0 Å². The van der Waals surface area contributed by atoms with Crippen LogP contribution in [0.5, 0.6) is 0 Å². The van der Waals surface area contributed by atoms with E-state index >= 15 is 0 Å². The second-order valence-electron chi connectivity index (χ2n) is 5.86. The number of hydrogen-bond acceptors (Lipinski definition) is 2. The lowest BCUT2D eigenvalue weighted by Crippen LogP contribution is -2.22. The first-order chi connectivity index (χ1) is 8.15. The molecule has 1 aromatic carbocycles. The van der Waals surface area contributed by atoms with Crippen molar-refractivity contribution < 1.29 is 14.3 Å². The fourth-order valence-electron chi connectivity index (χ4n) is 3.13. The minimum atomic E-state index is -1.13. The Morgan fingerprint density at radius 3 is 2.50 bits per heavy atom. The van der Waals surface area contributed by atoms with Gasteiger partial charge in [0.25, 0.3) is 0 Å². The highest BCUT2D eigenvalue weighted by atomic mass is 19.1. The van der Waals surface area contributed by atoms with Gasteiger partial charge in [-0.05, 0) is 30.9 Å². The number of anilines is 1. The van der Waals surface area contributed by atoms with Gasteiger partial charge >= 0.3 is 0 Å². The predicted molar refractivity (Wildman–Crippen MR) is 67.9 cm³/mol. The molecule has 18 heavy (non-hydrogen) atoms. The van der Waals surface area contributed by atoms with Crippen molar-refractivity contribution in [2.45, 2.75) is 45.1 Å². The molecule has 1 aliphatic rings. The number of nitrogens with one attached hydrogen (secondary N) is 1. The Labute approximate surface area is 106 Å². The summed E-state index contributed by atoms with van der Waals surface area (Å²) in [5.74, 6) is -0.564. The van der Waals surface area contributed by atoms with Gasteiger partial charge in [0.15, 0.2) is 0 Å². The zero-order valence-electron chi connectivity index (χ0n) is 11.1. The lowest BCUT2D eigenvalue weighted by Gasteiger charge is -2.22. The minimum Gasteiger partial charge on any atom is -0.385 e. The molecule has 0 bridgehead atoms. The molecule has 98 valence electrons. The summed E-state index contributed by atoms with van der Waals surface area (Å²) in [6.45, 7) is 6.84. The van der Waals surface area contributed by atoms with Crippen molar-refractivity contribution in [1.82, 2.24) is 0 Å². The monoisotopic (exact) mass is 251 g/mol. The van der Waals surface area contributed by atoms with Crippen LogP contribution in [0, 0.1) is 5.82 Å². The van der Waals surface area contributed by atoms with Crippen LogP contribution in [0.2, 0.25) is 0 Å². The molecule has 0 fully saturated rings. The Bertz CT molecular complexity index is 521. The number of benzene rings is 1. The van der Waals surface area contributed by atoms with Crippen molar-refractivity contribution in [3.8, 4) is 0 Å². The van der Waals surface area contributed by atoms with E-state index in [0.717, 1.165) is 0 Å². The summed E-state index contributed by atoms with van der Waals surface area (Å²) in [7, 11) is 0. The van der Waals surface area contributed by atoms with Gasteiger partial charge in [-0.2, -0.15) is 0 Å². The standard InChI is InChI=1S/C14H18FNO2/c1-8(17)16-10-6-5-9(15)11-12(10)14(4,18)7-13(11,2)3/h5-6,18H,7H2,1-4H3,(H,16,17). The smallest absolute Gasteiger partial charge is 0.221 e. The first-order valence-electron chi connectivity index (χ1n) is 5.98. The van der Waals surface area contributed by atoms with Crippen LogP contribution < -0.4 is 5.32 Å². The molecular weight excluding hydrogens is 233 g/mol. The van der Waals surface area contributed by atoms with Crippen molar-refractivity contribution in [2.24, 2.45) is 0 Å². The van der Waals surface area contributed by atoms with E-state index in [4.69, 9.17) is 0 Å². The summed E-state index contributed by atoms with van der Waals surface area (Å²) in [6, 6.07) is 2.85. The van der Waals surface area contributed by atoms with Gasteiger partial charge in [-0.3, -0.25) is 4.79 Å². The number of carbonyl (C=O) groups is 1. The average molecular weight is 251 g/mol. The highest BCUT2D eigenvalue weighted by Crippen LogP contribution is 2.51. The molecule has 1 amide bonds. The molecule has 1 aromatic rings. The van der Waals surface area contributed by atoms with Crippen LogP contribution in [-0.2, 0) is 15.8 Å². The zero-order chi connectivity index (χ0) is 13.7. The number of amides is 1. The maximum atomic E-state index is 14.0. The molecule has 0 aliphatic heterocycles. The number of carbonyl (C=O) groups excluding carboxylic acids is 1. The summed E-state index contributed by atoms with van der Waals surface area (Å²) < 4.78 is 14.0. The van der Waals surface area contributed by atoms with Gasteiger partial charge in [0.1, 0.15) is 5.82 Å². The van der Waals surface area contributed by atoms with Crippen molar-refractivity contribution >= 4 is 11.6 Å². The Kier molecular flexibility index (Phi) is 2.74. The molecule has 0 heterocycles. The second kappa shape index (κ2) is 3.79. The second-order valence-corrected chi connectivity index (χ2v) is 5.86. The van der Waals surface area contributed by atoms with Crippen LogP contribution in [0.4, 0.5) is 10.1 Å². The van der Waals surface area contributed by atoms with Crippen LogP contribution in [0.1, 0.15) is 45.2 Å². The van der Waals surface area contributed by atoms with Crippen molar-refractivity contribution in [1.29, 1.82) is 0 Å². The summed E-state index contributed by atoms with van der Waals surface area (Å²) in [6.07, 6.45) is 0.433. The first kappa shape index (κ1) is 13.0. The van der Waals surface area contributed by atoms with E-state index in [-0.39, 0.29) is 11.7 Å². The number of aliphatic hydroxyl groups is 1. The predicted octanol–water partition coefficient (Wildman–Crippen LogP) is 2.67. The van der Waals surface area contributed by atoms with E-state index in [1.54, 1.807) is 6.92 Å². The molecule has 0 saturated heterocycles. The maximum Gasteiger partial charge on any atom is 0.221 e. The Morgan fingerprint density at radius 2 is 1.94 bits per heavy atom. The van der Waals surface area contributed by atoms with Crippen LogP contribution in [0.3, 0.4) is 0 Å². The normalized spacial score (nSPS) is 24.8. The van der Waals surface area contributed by atoms with Gasteiger partial charge in [0.2, 0.25) is 5.91 Å². The van der Waals surface area contributed by atoms with Crippen molar-refractivity contribution in [3.63, 3.8) is 0 Å².